The molecule has 1 fully saturated rings. The molecule has 0 aromatic carbocycles. The van der Waals surface area contributed by atoms with Crippen molar-refractivity contribution in [2.24, 2.45) is 0 Å². The van der Waals surface area contributed by atoms with Crippen molar-refractivity contribution in [2.45, 2.75) is 25.9 Å². The third kappa shape index (κ3) is 3.04. The molecule has 0 radical (unpaired) electrons. The Balaban J connectivity index is 2.10. The van der Waals surface area contributed by atoms with Crippen molar-refractivity contribution in [1.82, 2.24) is 9.88 Å². The number of nitrogens with zero attached hydrogens (tertiary/aromatic N) is 3. The number of anilines is 2. The minimum Gasteiger partial charge on any atom is -0.382 e. The number of thiazole rings is 1. The van der Waals surface area contributed by atoms with Crippen LogP contribution >= 0.6 is 11.3 Å². The average Bonchev–Trinajstić information content (AvgIpc) is 3.04. The van der Waals surface area contributed by atoms with Crippen LogP contribution in [0.25, 0.3) is 0 Å². The topological polar surface area (TPSA) is 71.7 Å². The molecule has 1 aliphatic rings. The smallest absolute Gasteiger partial charge is 0.267 e. The first-order valence-corrected chi connectivity index (χ1v) is 7.68. The zero-order valence-corrected chi connectivity index (χ0v) is 13.1. The second kappa shape index (κ2) is 6.41. The third-order valence-electron chi connectivity index (χ3n) is 3.49. The van der Waals surface area contributed by atoms with Crippen LogP contribution in [-0.2, 0) is 4.74 Å². The van der Waals surface area contributed by atoms with Gasteiger partial charge in [-0.15, -0.1) is 0 Å². The largest absolute Gasteiger partial charge is 0.382 e. The standard InChI is InChI=1S/C13H22N4O2S/c1-4-6-16(2)13-15-11(14)10(20-13)12(18)17-7-5-9(8-17)19-3/h9H,4-8,14H2,1-3H3. The van der Waals surface area contributed by atoms with Crippen molar-refractivity contribution in [3.05, 3.63) is 4.88 Å². The summed E-state index contributed by atoms with van der Waals surface area (Å²) in [6.07, 6.45) is 2.04. The lowest BCUT2D eigenvalue weighted by Gasteiger charge is -2.15. The maximum absolute atomic E-state index is 12.5. The quantitative estimate of drug-likeness (QED) is 0.890. The summed E-state index contributed by atoms with van der Waals surface area (Å²) in [5.74, 6) is 0.300. The van der Waals surface area contributed by atoms with Crippen molar-refractivity contribution in [3.8, 4) is 0 Å². The minimum absolute atomic E-state index is 0.0318. The Bertz CT molecular complexity index is 477. The predicted molar refractivity (Wildman–Crippen MR) is 81.4 cm³/mol. The average molecular weight is 298 g/mol. The van der Waals surface area contributed by atoms with Crippen LogP contribution in [0.15, 0.2) is 0 Å². The van der Waals surface area contributed by atoms with E-state index in [1.165, 1.54) is 11.3 Å². The Morgan fingerprint density at radius 1 is 1.65 bits per heavy atom. The van der Waals surface area contributed by atoms with Gasteiger partial charge in [-0.1, -0.05) is 18.3 Å². The summed E-state index contributed by atoms with van der Waals surface area (Å²) < 4.78 is 5.29. The minimum atomic E-state index is -0.0318. The summed E-state index contributed by atoms with van der Waals surface area (Å²) in [4.78, 5) is 21.1. The van der Waals surface area contributed by atoms with Gasteiger partial charge in [0.15, 0.2) is 5.13 Å². The van der Waals surface area contributed by atoms with Gasteiger partial charge in [-0.2, -0.15) is 0 Å². The fourth-order valence-electron chi connectivity index (χ4n) is 2.32. The number of nitrogen functional groups attached to an aromatic ring is 1. The molecule has 1 aromatic heterocycles. The first kappa shape index (κ1) is 15.1. The second-order valence-corrected chi connectivity index (χ2v) is 6.01. The lowest BCUT2D eigenvalue weighted by molar-refractivity contribution is 0.0729. The molecule has 1 atom stereocenters. The van der Waals surface area contributed by atoms with E-state index in [9.17, 15) is 4.79 Å². The van der Waals surface area contributed by atoms with Crippen LogP contribution in [0, 0.1) is 0 Å². The highest BCUT2D eigenvalue weighted by Crippen LogP contribution is 2.29. The van der Waals surface area contributed by atoms with Gasteiger partial charge in [0, 0.05) is 33.8 Å². The zero-order chi connectivity index (χ0) is 14.7. The molecule has 20 heavy (non-hydrogen) atoms. The number of likely N-dealkylation sites (tertiary alicyclic amines) is 1. The van der Waals surface area contributed by atoms with E-state index in [0.717, 1.165) is 31.1 Å². The van der Waals surface area contributed by atoms with Crippen LogP contribution in [0.3, 0.4) is 0 Å². The number of carbonyl (C=O) groups is 1. The Labute approximate surface area is 123 Å². The Hall–Kier alpha value is -1.34. The number of methoxy groups -OCH3 is 1. The molecule has 1 aromatic rings. The number of nitrogens with two attached hydrogens (primary N) is 1. The number of carbonyl (C=O) groups excluding carboxylic acids is 1. The summed E-state index contributed by atoms with van der Waals surface area (Å²) in [6.45, 7) is 4.35. The number of amides is 1. The van der Waals surface area contributed by atoms with Gasteiger partial charge in [-0.05, 0) is 12.8 Å². The van der Waals surface area contributed by atoms with E-state index in [1.807, 2.05) is 11.9 Å². The first-order chi connectivity index (χ1) is 9.56. The van der Waals surface area contributed by atoms with Gasteiger partial charge in [0.25, 0.3) is 5.91 Å². The zero-order valence-electron chi connectivity index (χ0n) is 12.3. The number of ether oxygens (including phenoxy) is 1. The molecule has 6 nitrogen and oxygen atoms in total. The summed E-state index contributed by atoms with van der Waals surface area (Å²) in [5, 5.41) is 0.801. The van der Waals surface area contributed by atoms with Crippen molar-refractivity contribution < 1.29 is 9.53 Å². The SMILES string of the molecule is CCCN(C)c1nc(N)c(C(=O)N2CCC(OC)C2)s1. The Morgan fingerprint density at radius 3 is 3.00 bits per heavy atom. The summed E-state index contributed by atoms with van der Waals surface area (Å²) >= 11 is 1.37. The number of hydrogen-bond donors (Lipinski definition) is 1. The maximum atomic E-state index is 12.5. The Morgan fingerprint density at radius 2 is 2.40 bits per heavy atom. The van der Waals surface area contributed by atoms with Gasteiger partial charge in [-0.25, -0.2) is 4.98 Å². The van der Waals surface area contributed by atoms with E-state index in [4.69, 9.17) is 10.5 Å². The molecule has 0 saturated carbocycles. The van der Waals surface area contributed by atoms with Crippen molar-refractivity contribution in [3.63, 3.8) is 0 Å². The van der Waals surface area contributed by atoms with E-state index < -0.39 is 0 Å². The summed E-state index contributed by atoms with van der Waals surface area (Å²) in [5.41, 5.74) is 5.90. The fourth-order valence-corrected chi connectivity index (χ4v) is 3.26. The van der Waals surface area contributed by atoms with Crippen molar-refractivity contribution in [1.29, 1.82) is 0 Å². The highest BCUT2D eigenvalue weighted by atomic mass is 32.1. The van der Waals surface area contributed by atoms with E-state index in [2.05, 4.69) is 11.9 Å². The molecule has 7 heteroatoms. The van der Waals surface area contributed by atoms with Crippen LogP contribution in [0.1, 0.15) is 29.4 Å². The molecule has 2 N–H and O–H groups in total. The molecule has 2 heterocycles. The van der Waals surface area contributed by atoms with Gasteiger partial charge < -0.3 is 20.3 Å². The fraction of sp³-hybridized carbons (Fsp3) is 0.692. The molecule has 0 aliphatic carbocycles. The molecule has 0 bridgehead atoms. The third-order valence-corrected chi connectivity index (χ3v) is 4.66. The van der Waals surface area contributed by atoms with Gasteiger partial charge in [0.2, 0.25) is 0 Å². The van der Waals surface area contributed by atoms with Gasteiger partial charge >= 0.3 is 0 Å². The van der Waals surface area contributed by atoms with Gasteiger partial charge in [0.1, 0.15) is 10.7 Å². The summed E-state index contributed by atoms with van der Waals surface area (Å²) in [7, 11) is 3.64. The van der Waals surface area contributed by atoms with Crippen LogP contribution in [0.5, 0.6) is 0 Å². The monoisotopic (exact) mass is 298 g/mol. The van der Waals surface area contributed by atoms with Crippen LogP contribution < -0.4 is 10.6 Å². The van der Waals surface area contributed by atoms with Crippen molar-refractivity contribution in [2.75, 3.05) is 44.4 Å². The van der Waals surface area contributed by atoms with E-state index in [-0.39, 0.29) is 12.0 Å². The van der Waals surface area contributed by atoms with Gasteiger partial charge in [-0.3, -0.25) is 4.79 Å². The molecular formula is C13H22N4O2S. The highest BCUT2D eigenvalue weighted by molar-refractivity contribution is 7.18. The lowest BCUT2D eigenvalue weighted by atomic mass is 10.3. The van der Waals surface area contributed by atoms with E-state index in [0.29, 0.717) is 17.2 Å². The van der Waals surface area contributed by atoms with Crippen LogP contribution in [0.2, 0.25) is 0 Å². The predicted octanol–water partition coefficient (Wildman–Crippen LogP) is 1.43. The molecule has 1 saturated heterocycles. The molecule has 2 rings (SSSR count). The first-order valence-electron chi connectivity index (χ1n) is 6.86. The molecular weight excluding hydrogens is 276 g/mol. The highest BCUT2D eigenvalue weighted by Gasteiger charge is 2.29. The van der Waals surface area contributed by atoms with E-state index >= 15 is 0 Å². The molecule has 0 spiro atoms. The number of rotatable bonds is 5. The number of hydrogen-bond acceptors (Lipinski definition) is 6. The molecule has 1 amide bonds. The number of aromatic nitrogens is 1. The Kier molecular flexibility index (Phi) is 4.82. The molecule has 1 unspecified atom stereocenters. The maximum Gasteiger partial charge on any atom is 0.267 e. The lowest BCUT2D eigenvalue weighted by Crippen LogP contribution is -2.29. The van der Waals surface area contributed by atoms with Crippen molar-refractivity contribution >= 4 is 28.2 Å². The van der Waals surface area contributed by atoms with Crippen LogP contribution in [0.4, 0.5) is 10.9 Å². The van der Waals surface area contributed by atoms with Crippen LogP contribution in [-0.4, -0.2) is 55.7 Å². The normalized spacial score (nSPS) is 18.6. The van der Waals surface area contributed by atoms with Gasteiger partial charge in [0.05, 0.1) is 6.10 Å². The van der Waals surface area contributed by atoms with E-state index in [1.54, 1.807) is 12.0 Å². The molecule has 1 aliphatic heterocycles. The summed E-state index contributed by atoms with van der Waals surface area (Å²) in [6, 6.07) is 0. The second-order valence-electron chi connectivity index (χ2n) is 5.03. The molecule has 112 valence electrons.